The molecule has 1 aromatic carbocycles. The summed E-state index contributed by atoms with van der Waals surface area (Å²) in [5.74, 6) is 0.292. The zero-order valence-corrected chi connectivity index (χ0v) is 15.2. The average molecular weight is 357 g/mol. The van der Waals surface area contributed by atoms with E-state index in [2.05, 4.69) is 19.8 Å². The molecule has 0 aliphatic carbocycles. The van der Waals surface area contributed by atoms with Crippen molar-refractivity contribution in [2.75, 3.05) is 49.1 Å². The van der Waals surface area contributed by atoms with Crippen molar-refractivity contribution < 1.29 is 9.18 Å². The second kappa shape index (κ2) is 8.12. The number of carbonyl (C=O) groups excluding carboxylic acids is 1. The van der Waals surface area contributed by atoms with Gasteiger partial charge in [-0.1, -0.05) is 0 Å². The van der Waals surface area contributed by atoms with Gasteiger partial charge in [0.1, 0.15) is 11.5 Å². The van der Waals surface area contributed by atoms with Crippen molar-refractivity contribution in [2.24, 2.45) is 0 Å². The molecule has 0 bridgehead atoms. The highest BCUT2D eigenvalue weighted by molar-refractivity contribution is 5.92. The van der Waals surface area contributed by atoms with E-state index in [4.69, 9.17) is 0 Å². The Balaban J connectivity index is 1.67. The zero-order valence-electron chi connectivity index (χ0n) is 15.2. The van der Waals surface area contributed by atoms with Crippen molar-refractivity contribution in [1.29, 1.82) is 0 Å². The maximum atomic E-state index is 13.1. The monoisotopic (exact) mass is 357 g/mol. The Hall–Kier alpha value is -2.70. The van der Waals surface area contributed by atoms with Crippen LogP contribution in [0.1, 0.15) is 24.3 Å². The molecule has 0 atom stereocenters. The minimum atomic E-state index is -0.226. The van der Waals surface area contributed by atoms with E-state index in [0.29, 0.717) is 24.7 Å². The Morgan fingerprint density at radius 1 is 1.04 bits per heavy atom. The van der Waals surface area contributed by atoms with Crippen LogP contribution in [0.4, 0.5) is 16.0 Å². The van der Waals surface area contributed by atoms with E-state index in [9.17, 15) is 9.18 Å². The number of piperazine rings is 1. The predicted molar refractivity (Wildman–Crippen MR) is 100 cm³/mol. The van der Waals surface area contributed by atoms with Gasteiger partial charge in [-0.15, -0.1) is 0 Å². The fourth-order valence-corrected chi connectivity index (χ4v) is 3.11. The van der Waals surface area contributed by atoms with Crippen LogP contribution in [0.2, 0.25) is 0 Å². The highest BCUT2D eigenvalue weighted by atomic mass is 19.1. The van der Waals surface area contributed by atoms with Gasteiger partial charge in [-0.05, 0) is 44.2 Å². The minimum Gasteiger partial charge on any atom is -0.368 e. The molecule has 2 aromatic rings. The normalized spacial score (nSPS) is 14.4. The Kier molecular flexibility index (Phi) is 5.65. The quantitative estimate of drug-likeness (QED) is 0.823. The topological polar surface area (TPSA) is 52.6 Å². The summed E-state index contributed by atoms with van der Waals surface area (Å²) >= 11 is 0. The van der Waals surface area contributed by atoms with Gasteiger partial charge in [0.15, 0.2) is 0 Å². The van der Waals surface area contributed by atoms with Crippen LogP contribution in [0, 0.1) is 5.82 Å². The van der Waals surface area contributed by atoms with Crippen molar-refractivity contribution in [3.63, 3.8) is 0 Å². The van der Waals surface area contributed by atoms with E-state index in [-0.39, 0.29) is 11.7 Å². The largest absolute Gasteiger partial charge is 0.368 e. The van der Waals surface area contributed by atoms with Gasteiger partial charge in [0, 0.05) is 51.2 Å². The molecule has 26 heavy (non-hydrogen) atoms. The molecule has 1 fully saturated rings. The van der Waals surface area contributed by atoms with Crippen molar-refractivity contribution in [1.82, 2.24) is 14.9 Å². The molecule has 138 valence electrons. The molecule has 1 aromatic heterocycles. The zero-order chi connectivity index (χ0) is 18.5. The molecule has 3 rings (SSSR count). The van der Waals surface area contributed by atoms with Crippen LogP contribution in [0.15, 0.2) is 36.5 Å². The Labute approximate surface area is 153 Å². The number of nitrogens with zero attached hydrogens (tertiary/aromatic N) is 5. The number of halogens is 1. The molecular formula is C19H24FN5O. The minimum absolute atomic E-state index is 0.0661. The first kappa shape index (κ1) is 18.1. The molecule has 1 saturated heterocycles. The lowest BCUT2D eigenvalue weighted by Crippen LogP contribution is -2.47. The van der Waals surface area contributed by atoms with Gasteiger partial charge >= 0.3 is 0 Å². The Morgan fingerprint density at radius 2 is 1.65 bits per heavy atom. The summed E-state index contributed by atoms with van der Waals surface area (Å²) in [6.45, 7) is 8.32. The van der Waals surface area contributed by atoms with Crippen LogP contribution in [0.5, 0.6) is 0 Å². The Morgan fingerprint density at radius 3 is 2.27 bits per heavy atom. The first-order valence-corrected chi connectivity index (χ1v) is 9.00. The molecule has 1 aliphatic heterocycles. The van der Waals surface area contributed by atoms with Gasteiger partial charge in [0.2, 0.25) is 5.95 Å². The van der Waals surface area contributed by atoms with E-state index < -0.39 is 0 Å². The van der Waals surface area contributed by atoms with Crippen LogP contribution >= 0.6 is 0 Å². The van der Waals surface area contributed by atoms with Gasteiger partial charge in [0.05, 0.1) is 0 Å². The van der Waals surface area contributed by atoms with E-state index >= 15 is 0 Å². The molecule has 0 radical (unpaired) electrons. The average Bonchev–Trinajstić information content (AvgIpc) is 2.70. The molecule has 0 spiro atoms. The van der Waals surface area contributed by atoms with E-state index in [1.807, 2.05) is 13.8 Å². The van der Waals surface area contributed by atoms with Gasteiger partial charge in [0.25, 0.3) is 5.91 Å². The lowest BCUT2D eigenvalue weighted by atomic mass is 10.2. The molecular weight excluding hydrogens is 333 g/mol. The van der Waals surface area contributed by atoms with Crippen LogP contribution in [0.3, 0.4) is 0 Å². The summed E-state index contributed by atoms with van der Waals surface area (Å²) in [6, 6.07) is 8.22. The highest BCUT2D eigenvalue weighted by Crippen LogP contribution is 2.19. The van der Waals surface area contributed by atoms with Crippen molar-refractivity contribution in [3.05, 3.63) is 48.0 Å². The number of benzene rings is 1. The lowest BCUT2D eigenvalue weighted by molar-refractivity contribution is 0.0767. The molecule has 0 N–H and O–H groups in total. The first-order valence-electron chi connectivity index (χ1n) is 9.00. The SMILES string of the molecule is CCN(CC)C(=O)c1ccnc(N2CCN(c3ccc(F)cc3)CC2)n1. The second-order valence-corrected chi connectivity index (χ2v) is 6.17. The fraction of sp³-hybridized carbons (Fsp3) is 0.421. The maximum absolute atomic E-state index is 13.1. The number of anilines is 2. The van der Waals surface area contributed by atoms with E-state index in [1.165, 1.54) is 12.1 Å². The smallest absolute Gasteiger partial charge is 0.272 e. The third-order valence-corrected chi connectivity index (χ3v) is 4.67. The molecule has 1 amide bonds. The lowest BCUT2D eigenvalue weighted by Gasteiger charge is -2.36. The Bertz CT molecular complexity index is 740. The predicted octanol–water partition coefficient (Wildman–Crippen LogP) is 2.42. The van der Waals surface area contributed by atoms with Crippen molar-refractivity contribution in [2.45, 2.75) is 13.8 Å². The number of aromatic nitrogens is 2. The fourth-order valence-electron chi connectivity index (χ4n) is 3.11. The summed E-state index contributed by atoms with van der Waals surface area (Å²) in [7, 11) is 0. The van der Waals surface area contributed by atoms with Crippen LogP contribution in [-0.4, -0.2) is 60.0 Å². The van der Waals surface area contributed by atoms with Gasteiger partial charge in [-0.3, -0.25) is 4.79 Å². The third kappa shape index (κ3) is 3.92. The van der Waals surface area contributed by atoms with Gasteiger partial charge in [-0.2, -0.15) is 0 Å². The highest BCUT2D eigenvalue weighted by Gasteiger charge is 2.21. The van der Waals surface area contributed by atoms with Crippen molar-refractivity contribution in [3.8, 4) is 0 Å². The second-order valence-electron chi connectivity index (χ2n) is 6.17. The van der Waals surface area contributed by atoms with Crippen LogP contribution < -0.4 is 9.80 Å². The summed E-state index contributed by atoms with van der Waals surface area (Å²) in [4.78, 5) is 27.3. The van der Waals surface area contributed by atoms with E-state index in [1.54, 1.807) is 29.3 Å². The number of hydrogen-bond donors (Lipinski definition) is 0. The van der Waals surface area contributed by atoms with Crippen LogP contribution in [0.25, 0.3) is 0 Å². The summed E-state index contributed by atoms with van der Waals surface area (Å²) in [5, 5.41) is 0. The molecule has 6 nitrogen and oxygen atoms in total. The standard InChI is InChI=1S/C19H24FN5O/c1-3-23(4-2)18(26)17-9-10-21-19(22-17)25-13-11-24(12-14-25)16-7-5-15(20)6-8-16/h5-10H,3-4,11-14H2,1-2H3. The van der Waals surface area contributed by atoms with Crippen LogP contribution in [-0.2, 0) is 0 Å². The van der Waals surface area contributed by atoms with Gasteiger partial charge in [-0.25, -0.2) is 14.4 Å². The summed E-state index contributed by atoms with van der Waals surface area (Å²) in [5.41, 5.74) is 1.44. The first-order chi connectivity index (χ1) is 12.6. The van der Waals surface area contributed by atoms with Crippen molar-refractivity contribution >= 4 is 17.5 Å². The maximum Gasteiger partial charge on any atom is 0.272 e. The third-order valence-electron chi connectivity index (χ3n) is 4.67. The summed E-state index contributed by atoms with van der Waals surface area (Å²) < 4.78 is 13.1. The molecule has 1 aliphatic rings. The molecule has 7 heteroatoms. The van der Waals surface area contributed by atoms with E-state index in [0.717, 1.165) is 31.9 Å². The number of hydrogen-bond acceptors (Lipinski definition) is 5. The molecule has 2 heterocycles. The number of rotatable bonds is 5. The molecule has 0 unspecified atom stereocenters. The van der Waals surface area contributed by atoms with Gasteiger partial charge < -0.3 is 14.7 Å². The summed E-state index contributed by atoms with van der Waals surface area (Å²) in [6.07, 6.45) is 1.64. The molecule has 0 saturated carbocycles. The number of amides is 1. The number of carbonyl (C=O) groups is 1.